The molecule has 0 spiro atoms. The van der Waals surface area contributed by atoms with Crippen LogP contribution in [0.2, 0.25) is 0 Å². The third-order valence-electron chi connectivity index (χ3n) is 3.37. The lowest BCUT2D eigenvalue weighted by Crippen LogP contribution is -2.23. The summed E-state index contributed by atoms with van der Waals surface area (Å²) in [7, 11) is 0. The van der Waals surface area contributed by atoms with Gasteiger partial charge >= 0.3 is 0 Å². The molecule has 3 N–H and O–H groups in total. The molecule has 0 saturated carbocycles. The Morgan fingerprint density at radius 2 is 1.85 bits per heavy atom. The number of nitrogens with one attached hydrogen (secondary N) is 1. The van der Waals surface area contributed by atoms with Crippen molar-refractivity contribution in [3.05, 3.63) is 63.6 Å². The van der Waals surface area contributed by atoms with Crippen molar-refractivity contribution in [2.45, 2.75) is 26.7 Å². The summed E-state index contributed by atoms with van der Waals surface area (Å²) < 4.78 is 1.88. The molecule has 0 aliphatic carbocycles. The van der Waals surface area contributed by atoms with E-state index in [0.29, 0.717) is 5.92 Å². The Morgan fingerprint density at radius 3 is 2.35 bits per heavy atom. The van der Waals surface area contributed by atoms with E-state index in [1.54, 1.807) is 6.20 Å². The van der Waals surface area contributed by atoms with Crippen LogP contribution in [0.1, 0.15) is 36.6 Å². The lowest BCUT2D eigenvalue weighted by molar-refractivity contribution is 0.864. The molecule has 1 aromatic carbocycles. The van der Waals surface area contributed by atoms with E-state index in [9.17, 15) is 4.79 Å². The van der Waals surface area contributed by atoms with E-state index in [0.717, 1.165) is 11.4 Å². The fourth-order valence-corrected chi connectivity index (χ4v) is 2.13. The summed E-state index contributed by atoms with van der Waals surface area (Å²) in [6.07, 6.45) is 1.63. The second-order valence-corrected chi connectivity index (χ2v) is 5.22. The van der Waals surface area contributed by atoms with Gasteiger partial charge in [-0.1, -0.05) is 26.0 Å². The Bertz CT molecular complexity index is 697. The van der Waals surface area contributed by atoms with Gasteiger partial charge in [0.05, 0.1) is 5.56 Å². The summed E-state index contributed by atoms with van der Waals surface area (Å²) in [4.78, 5) is 11.8. The van der Waals surface area contributed by atoms with Crippen LogP contribution in [-0.2, 0) is 0 Å². The highest BCUT2D eigenvalue weighted by atomic mass is 16.1. The third kappa shape index (κ3) is 2.64. The number of nitrogens with two attached hydrogens (primary N) is 1. The molecule has 20 heavy (non-hydrogen) atoms. The number of nitrogens with zero attached hydrogens (tertiary/aromatic N) is 1. The van der Waals surface area contributed by atoms with Gasteiger partial charge in [0.2, 0.25) is 0 Å². The number of aromatic nitrogens is 1. The average molecular weight is 269 g/mol. The van der Waals surface area contributed by atoms with Crippen molar-refractivity contribution in [3.8, 4) is 5.69 Å². The minimum atomic E-state index is -0.218. The number of nitrogen functional groups attached to an aromatic ring is 1. The van der Waals surface area contributed by atoms with E-state index < -0.39 is 0 Å². The topological polar surface area (TPSA) is 71.9 Å². The fourth-order valence-electron chi connectivity index (χ4n) is 2.13. The Balaban J connectivity index is 2.54. The van der Waals surface area contributed by atoms with Crippen molar-refractivity contribution < 1.29 is 0 Å². The van der Waals surface area contributed by atoms with Crippen LogP contribution in [0, 0.1) is 12.3 Å². The molecule has 4 nitrogen and oxygen atoms in total. The minimum Gasteiger partial charge on any atom is -0.384 e. The summed E-state index contributed by atoms with van der Waals surface area (Å²) >= 11 is 0. The van der Waals surface area contributed by atoms with Gasteiger partial charge in [-0.15, -0.1) is 0 Å². The first kappa shape index (κ1) is 14.1. The van der Waals surface area contributed by atoms with Gasteiger partial charge < -0.3 is 10.3 Å². The Kier molecular flexibility index (Phi) is 3.74. The lowest BCUT2D eigenvalue weighted by Gasteiger charge is -2.13. The van der Waals surface area contributed by atoms with Gasteiger partial charge in [0.1, 0.15) is 5.84 Å². The third-order valence-corrected chi connectivity index (χ3v) is 3.37. The van der Waals surface area contributed by atoms with E-state index >= 15 is 0 Å². The van der Waals surface area contributed by atoms with Gasteiger partial charge in [-0.25, -0.2) is 0 Å². The first-order valence-electron chi connectivity index (χ1n) is 6.58. The van der Waals surface area contributed by atoms with Crippen molar-refractivity contribution in [2.24, 2.45) is 5.73 Å². The molecule has 4 heteroatoms. The molecule has 0 saturated heterocycles. The number of rotatable bonds is 3. The molecule has 2 aromatic rings. The zero-order chi connectivity index (χ0) is 14.9. The maximum absolute atomic E-state index is 11.8. The lowest BCUT2D eigenvalue weighted by atomic mass is 10.0. The van der Waals surface area contributed by atoms with Crippen molar-refractivity contribution >= 4 is 5.84 Å². The van der Waals surface area contributed by atoms with Crippen molar-refractivity contribution in [3.63, 3.8) is 0 Å². The molecule has 1 heterocycles. The van der Waals surface area contributed by atoms with Crippen LogP contribution in [-0.4, -0.2) is 10.4 Å². The van der Waals surface area contributed by atoms with E-state index in [2.05, 4.69) is 26.0 Å². The van der Waals surface area contributed by atoms with Gasteiger partial charge in [0, 0.05) is 23.6 Å². The normalized spacial score (nSPS) is 10.8. The largest absolute Gasteiger partial charge is 0.384 e. The molecular weight excluding hydrogens is 250 g/mol. The van der Waals surface area contributed by atoms with E-state index in [1.807, 2.05) is 23.6 Å². The highest BCUT2D eigenvalue weighted by Crippen LogP contribution is 2.17. The summed E-state index contributed by atoms with van der Waals surface area (Å²) in [6, 6.07) is 9.68. The number of amidine groups is 1. The van der Waals surface area contributed by atoms with Crippen LogP contribution in [0.25, 0.3) is 5.69 Å². The zero-order valence-electron chi connectivity index (χ0n) is 12.0. The Hall–Kier alpha value is -2.36. The second kappa shape index (κ2) is 5.33. The highest BCUT2D eigenvalue weighted by molar-refractivity contribution is 5.94. The molecule has 0 aliphatic heterocycles. The summed E-state index contributed by atoms with van der Waals surface area (Å²) in [6.45, 7) is 6.16. The van der Waals surface area contributed by atoms with Crippen molar-refractivity contribution in [1.82, 2.24) is 4.57 Å². The van der Waals surface area contributed by atoms with Gasteiger partial charge in [-0.05, 0) is 30.5 Å². The van der Waals surface area contributed by atoms with Gasteiger partial charge in [-0.2, -0.15) is 0 Å². The van der Waals surface area contributed by atoms with Gasteiger partial charge in [-0.3, -0.25) is 10.2 Å². The molecule has 0 aliphatic rings. The minimum absolute atomic E-state index is 0.206. The Morgan fingerprint density at radius 1 is 1.25 bits per heavy atom. The van der Waals surface area contributed by atoms with Gasteiger partial charge in [0.25, 0.3) is 0 Å². The van der Waals surface area contributed by atoms with Gasteiger partial charge in [0.15, 0.2) is 5.43 Å². The molecule has 1 aromatic heterocycles. The number of hydrogen-bond acceptors (Lipinski definition) is 2. The molecule has 0 bridgehead atoms. The summed E-state index contributed by atoms with van der Waals surface area (Å²) in [5.74, 6) is 0.273. The average Bonchev–Trinajstić information content (AvgIpc) is 2.38. The zero-order valence-corrected chi connectivity index (χ0v) is 12.0. The van der Waals surface area contributed by atoms with Crippen LogP contribution in [0.15, 0.2) is 41.3 Å². The second-order valence-electron chi connectivity index (χ2n) is 5.22. The molecule has 2 rings (SSSR count). The maximum atomic E-state index is 11.8. The highest BCUT2D eigenvalue weighted by Gasteiger charge is 2.08. The smallest absolute Gasteiger partial charge is 0.192 e. The first-order chi connectivity index (χ1) is 9.40. The molecule has 104 valence electrons. The predicted molar refractivity (Wildman–Crippen MR) is 81.9 cm³/mol. The number of aryl methyl sites for hydroxylation is 1. The monoisotopic (exact) mass is 269 g/mol. The molecular formula is C16H19N3O. The number of hydrogen-bond donors (Lipinski definition) is 2. The van der Waals surface area contributed by atoms with Crippen LogP contribution in [0.3, 0.4) is 0 Å². The molecule has 0 radical (unpaired) electrons. The van der Waals surface area contributed by atoms with Crippen LogP contribution in [0.4, 0.5) is 0 Å². The first-order valence-corrected chi connectivity index (χ1v) is 6.58. The van der Waals surface area contributed by atoms with E-state index in [4.69, 9.17) is 11.1 Å². The molecule has 0 atom stereocenters. The Labute approximate surface area is 118 Å². The van der Waals surface area contributed by atoms with Crippen LogP contribution in [0.5, 0.6) is 0 Å². The van der Waals surface area contributed by atoms with E-state index in [-0.39, 0.29) is 16.8 Å². The molecule has 0 unspecified atom stereocenters. The van der Waals surface area contributed by atoms with Crippen LogP contribution >= 0.6 is 0 Å². The van der Waals surface area contributed by atoms with Crippen molar-refractivity contribution in [2.75, 3.05) is 0 Å². The van der Waals surface area contributed by atoms with E-state index in [1.165, 1.54) is 11.6 Å². The molecule has 0 amide bonds. The SMILES string of the molecule is Cc1cc(=O)c(C(=N)N)cn1-c1ccc(C(C)C)cc1. The van der Waals surface area contributed by atoms with Crippen LogP contribution < -0.4 is 11.2 Å². The molecule has 0 fully saturated rings. The quantitative estimate of drug-likeness (QED) is 0.664. The predicted octanol–water partition coefficient (Wildman–Crippen LogP) is 2.55. The summed E-state index contributed by atoms with van der Waals surface area (Å²) in [5.41, 5.74) is 8.49. The fraction of sp³-hybridized carbons (Fsp3) is 0.250. The maximum Gasteiger partial charge on any atom is 0.192 e. The number of benzene rings is 1. The number of pyridine rings is 1. The summed E-state index contributed by atoms with van der Waals surface area (Å²) in [5, 5.41) is 7.46. The van der Waals surface area contributed by atoms with Crippen molar-refractivity contribution in [1.29, 1.82) is 5.41 Å². The standard InChI is InChI=1S/C16H19N3O/c1-10(2)12-4-6-13(7-5-12)19-9-14(16(17)18)15(20)8-11(19)3/h4-10H,1-3H3,(H3,17,18).